The summed E-state index contributed by atoms with van der Waals surface area (Å²) in [5, 5.41) is 0. The molecule has 0 aromatic heterocycles. The van der Waals surface area contributed by atoms with E-state index in [0.717, 1.165) is 35.8 Å². The van der Waals surface area contributed by atoms with Crippen LogP contribution in [0.2, 0.25) is 0 Å². The Hall–Kier alpha value is -2.68. The van der Waals surface area contributed by atoms with E-state index in [1.165, 1.54) is 30.3 Å². The van der Waals surface area contributed by atoms with Gasteiger partial charge in [-0.25, -0.2) is 0 Å². The highest BCUT2D eigenvalue weighted by Crippen LogP contribution is 2.34. The van der Waals surface area contributed by atoms with E-state index in [1.54, 1.807) is 0 Å². The zero-order valence-corrected chi connectivity index (χ0v) is 17.3. The normalized spacial score (nSPS) is 10.6. The number of ether oxygens (including phenoxy) is 1. The molecule has 3 heteroatoms. The number of hydrogen-bond acceptors (Lipinski definition) is 2. The first-order valence-electron chi connectivity index (χ1n) is 10.3. The fourth-order valence-electron chi connectivity index (χ4n) is 3.25. The molecule has 3 aromatic carbocycles. The Morgan fingerprint density at radius 2 is 1.25 bits per heavy atom. The van der Waals surface area contributed by atoms with Crippen molar-refractivity contribution in [2.45, 2.75) is 39.5 Å². The van der Waals surface area contributed by atoms with Crippen LogP contribution >= 0.6 is 0 Å². The van der Waals surface area contributed by atoms with E-state index in [9.17, 15) is 0 Å². The quantitative estimate of drug-likeness (QED) is 0.354. The lowest BCUT2D eigenvalue weighted by Gasteiger charge is -2.26. The van der Waals surface area contributed by atoms with Crippen LogP contribution in [0.25, 0.3) is 0 Å². The molecule has 0 aliphatic rings. The summed E-state index contributed by atoms with van der Waals surface area (Å²) in [6.45, 7) is 5.14. The first-order valence-corrected chi connectivity index (χ1v) is 10.3. The van der Waals surface area contributed by atoms with Gasteiger partial charge < -0.3 is 9.64 Å². The van der Waals surface area contributed by atoms with Crippen LogP contribution < -0.4 is 15.1 Å². The monoisotopic (exact) mass is 371 g/mol. The summed E-state index contributed by atoms with van der Waals surface area (Å²) in [4.78, 5) is 2.28. The largest absolute Gasteiger partial charge is 0.494 e. The minimum atomic E-state index is 0.791. The van der Waals surface area contributed by atoms with Crippen molar-refractivity contribution in [2.75, 3.05) is 11.5 Å². The molecule has 0 heterocycles. The molecular formula is C25H30BNO. The molecule has 0 saturated carbocycles. The van der Waals surface area contributed by atoms with Gasteiger partial charge in [0.1, 0.15) is 13.6 Å². The van der Waals surface area contributed by atoms with E-state index in [2.05, 4.69) is 99.4 Å². The molecule has 144 valence electrons. The molecule has 0 amide bonds. The van der Waals surface area contributed by atoms with Gasteiger partial charge in [0, 0.05) is 17.1 Å². The summed E-state index contributed by atoms with van der Waals surface area (Å²) >= 11 is 0. The summed E-state index contributed by atoms with van der Waals surface area (Å²) in [6, 6.07) is 25.8. The average Bonchev–Trinajstić information content (AvgIpc) is 2.72. The van der Waals surface area contributed by atoms with Gasteiger partial charge in [-0.3, -0.25) is 0 Å². The number of rotatable bonds is 9. The molecule has 28 heavy (non-hydrogen) atoms. The van der Waals surface area contributed by atoms with E-state index >= 15 is 0 Å². The van der Waals surface area contributed by atoms with Gasteiger partial charge in [-0.05, 0) is 61.9 Å². The molecule has 0 N–H and O–H groups in total. The van der Waals surface area contributed by atoms with Crippen LogP contribution in [0.4, 0.5) is 17.1 Å². The maximum Gasteiger partial charge on any atom is 0.139 e. The van der Waals surface area contributed by atoms with Gasteiger partial charge in [-0.15, -0.1) is 0 Å². The standard InChI is InChI=1S/C25H30BNO/c1-3-4-5-6-19-28-25-17-15-24(16-18-25)27(22-11-7-20(2)8-12-22)23-13-9-21(26)10-14-23/h7-18H,3-6,19,26H2,1-2H3. The van der Waals surface area contributed by atoms with Crippen molar-refractivity contribution in [1.82, 2.24) is 0 Å². The van der Waals surface area contributed by atoms with Crippen molar-refractivity contribution in [3.8, 4) is 5.75 Å². The Morgan fingerprint density at radius 3 is 1.82 bits per heavy atom. The molecule has 0 spiro atoms. The van der Waals surface area contributed by atoms with Gasteiger partial charge in [0.25, 0.3) is 0 Å². The van der Waals surface area contributed by atoms with Crippen molar-refractivity contribution < 1.29 is 4.74 Å². The fraction of sp³-hybridized carbons (Fsp3) is 0.280. The lowest BCUT2D eigenvalue weighted by molar-refractivity contribution is 0.305. The van der Waals surface area contributed by atoms with Gasteiger partial charge in [-0.2, -0.15) is 0 Å². The van der Waals surface area contributed by atoms with Gasteiger partial charge in [0.15, 0.2) is 0 Å². The van der Waals surface area contributed by atoms with Crippen LogP contribution in [0.5, 0.6) is 5.75 Å². The van der Waals surface area contributed by atoms with Crippen LogP contribution in [0, 0.1) is 6.92 Å². The van der Waals surface area contributed by atoms with Crippen molar-refractivity contribution >= 4 is 30.4 Å². The molecule has 0 unspecified atom stereocenters. The van der Waals surface area contributed by atoms with Gasteiger partial charge in [-0.1, -0.05) is 61.5 Å². The molecule has 0 aliphatic carbocycles. The molecule has 0 aliphatic heterocycles. The molecule has 0 atom stereocenters. The number of unbranched alkanes of at least 4 members (excludes halogenated alkanes) is 3. The second-order valence-corrected chi connectivity index (χ2v) is 7.41. The Balaban J connectivity index is 1.80. The predicted octanol–water partition coefficient (Wildman–Crippen LogP) is 5.68. The molecule has 0 fully saturated rings. The SMILES string of the molecule is Bc1ccc(N(c2ccc(C)cc2)c2ccc(OCCCCCC)cc2)cc1. The van der Waals surface area contributed by atoms with Crippen molar-refractivity contribution in [3.63, 3.8) is 0 Å². The third-order valence-corrected chi connectivity index (χ3v) is 4.95. The molecule has 3 rings (SSSR count). The third-order valence-electron chi connectivity index (χ3n) is 4.95. The smallest absolute Gasteiger partial charge is 0.139 e. The van der Waals surface area contributed by atoms with Crippen molar-refractivity contribution in [2.24, 2.45) is 0 Å². The highest BCUT2D eigenvalue weighted by molar-refractivity contribution is 6.32. The topological polar surface area (TPSA) is 12.5 Å². The summed E-state index contributed by atoms with van der Waals surface area (Å²) in [5.74, 6) is 0.938. The van der Waals surface area contributed by atoms with Gasteiger partial charge in [0.2, 0.25) is 0 Å². The zero-order chi connectivity index (χ0) is 19.8. The summed E-state index contributed by atoms with van der Waals surface area (Å²) in [6.07, 6.45) is 4.89. The summed E-state index contributed by atoms with van der Waals surface area (Å²) in [7, 11) is 2.12. The Labute approximate surface area is 170 Å². The van der Waals surface area contributed by atoms with Crippen molar-refractivity contribution in [3.05, 3.63) is 78.4 Å². The molecule has 0 radical (unpaired) electrons. The van der Waals surface area contributed by atoms with E-state index < -0.39 is 0 Å². The second-order valence-electron chi connectivity index (χ2n) is 7.41. The van der Waals surface area contributed by atoms with E-state index in [1.807, 2.05) is 0 Å². The molecule has 0 bridgehead atoms. The number of nitrogens with zero attached hydrogens (tertiary/aromatic N) is 1. The van der Waals surface area contributed by atoms with Gasteiger partial charge in [0.05, 0.1) is 6.61 Å². The highest BCUT2D eigenvalue weighted by atomic mass is 16.5. The highest BCUT2D eigenvalue weighted by Gasteiger charge is 2.12. The first-order chi connectivity index (χ1) is 13.7. The number of hydrogen-bond donors (Lipinski definition) is 0. The van der Waals surface area contributed by atoms with E-state index in [4.69, 9.17) is 4.74 Å². The van der Waals surface area contributed by atoms with Crippen LogP contribution in [0.3, 0.4) is 0 Å². The number of benzene rings is 3. The predicted molar refractivity (Wildman–Crippen MR) is 124 cm³/mol. The minimum absolute atomic E-state index is 0.791. The zero-order valence-electron chi connectivity index (χ0n) is 17.3. The van der Waals surface area contributed by atoms with Gasteiger partial charge >= 0.3 is 0 Å². The third kappa shape index (κ3) is 5.42. The lowest BCUT2D eigenvalue weighted by atomic mass is 9.96. The maximum absolute atomic E-state index is 5.91. The Morgan fingerprint density at radius 1 is 0.714 bits per heavy atom. The Bertz CT molecular complexity index is 796. The Kier molecular flexibility index (Phi) is 7.19. The fourth-order valence-corrected chi connectivity index (χ4v) is 3.25. The number of anilines is 3. The van der Waals surface area contributed by atoms with E-state index in [0.29, 0.717) is 0 Å². The molecule has 0 saturated heterocycles. The lowest BCUT2D eigenvalue weighted by Crippen LogP contribution is -2.11. The number of aryl methyl sites for hydroxylation is 1. The van der Waals surface area contributed by atoms with Crippen LogP contribution in [0.1, 0.15) is 38.2 Å². The summed E-state index contributed by atoms with van der Waals surface area (Å²) < 4.78 is 5.91. The minimum Gasteiger partial charge on any atom is -0.494 e. The maximum atomic E-state index is 5.91. The van der Waals surface area contributed by atoms with Crippen LogP contribution in [-0.4, -0.2) is 14.5 Å². The van der Waals surface area contributed by atoms with E-state index in [-0.39, 0.29) is 0 Å². The van der Waals surface area contributed by atoms with Crippen LogP contribution in [0.15, 0.2) is 72.8 Å². The van der Waals surface area contributed by atoms with Crippen molar-refractivity contribution in [1.29, 1.82) is 0 Å². The second kappa shape index (κ2) is 10.0. The molecule has 2 nitrogen and oxygen atoms in total. The van der Waals surface area contributed by atoms with Crippen LogP contribution in [-0.2, 0) is 0 Å². The summed E-state index contributed by atoms with van der Waals surface area (Å²) in [5.41, 5.74) is 5.97. The first kappa shape index (κ1) is 20.1. The molecule has 3 aromatic rings. The molecular weight excluding hydrogens is 341 g/mol. The average molecular weight is 371 g/mol.